The van der Waals surface area contributed by atoms with E-state index in [1.807, 2.05) is 6.07 Å². The third-order valence-electron chi connectivity index (χ3n) is 5.34. The lowest BCUT2D eigenvalue weighted by molar-refractivity contribution is 0.000346. The van der Waals surface area contributed by atoms with Crippen molar-refractivity contribution in [3.05, 3.63) is 60.7 Å². The fourth-order valence-electron chi connectivity index (χ4n) is 3.78. The SMILES string of the molecule is C=CC(OC(=O)c1ccccc1)C1C(O)CC(O)C1C=CC(O)CCCCC. The number of benzene rings is 1. The first kappa shape index (κ1) is 22.3. The molecule has 0 amide bonds. The number of ether oxygens (including phenoxy) is 1. The maximum Gasteiger partial charge on any atom is 0.338 e. The topological polar surface area (TPSA) is 87.0 Å². The van der Waals surface area contributed by atoms with Crippen LogP contribution in [0.1, 0.15) is 49.4 Å². The van der Waals surface area contributed by atoms with Gasteiger partial charge in [0.1, 0.15) is 6.10 Å². The van der Waals surface area contributed by atoms with E-state index < -0.39 is 42.2 Å². The van der Waals surface area contributed by atoms with E-state index in [1.54, 1.807) is 36.4 Å². The molecule has 28 heavy (non-hydrogen) atoms. The second-order valence-electron chi connectivity index (χ2n) is 7.44. The number of hydrogen-bond donors (Lipinski definition) is 3. The van der Waals surface area contributed by atoms with Crippen LogP contribution >= 0.6 is 0 Å². The second-order valence-corrected chi connectivity index (χ2v) is 7.44. The van der Waals surface area contributed by atoms with Gasteiger partial charge < -0.3 is 20.1 Å². The lowest BCUT2D eigenvalue weighted by Gasteiger charge is -2.27. The van der Waals surface area contributed by atoms with Crippen molar-refractivity contribution in [2.75, 3.05) is 0 Å². The predicted molar refractivity (Wildman–Crippen MR) is 109 cm³/mol. The fraction of sp³-hybridized carbons (Fsp3) is 0.522. The summed E-state index contributed by atoms with van der Waals surface area (Å²) in [7, 11) is 0. The van der Waals surface area contributed by atoms with Gasteiger partial charge >= 0.3 is 5.97 Å². The quantitative estimate of drug-likeness (QED) is 0.325. The third-order valence-corrected chi connectivity index (χ3v) is 5.34. The van der Waals surface area contributed by atoms with Gasteiger partial charge in [0.05, 0.1) is 23.9 Å². The zero-order chi connectivity index (χ0) is 20.5. The first-order chi connectivity index (χ1) is 13.5. The van der Waals surface area contributed by atoms with Gasteiger partial charge in [-0.2, -0.15) is 0 Å². The first-order valence-corrected chi connectivity index (χ1v) is 10.1. The number of hydrogen-bond acceptors (Lipinski definition) is 5. The van der Waals surface area contributed by atoms with E-state index >= 15 is 0 Å². The highest BCUT2D eigenvalue weighted by Crippen LogP contribution is 2.38. The molecule has 0 aromatic heterocycles. The Balaban J connectivity index is 2.07. The van der Waals surface area contributed by atoms with Gasteiger partial charge in [-0.1, -0.05) is 69.2 Å². The average molecular weight is 389 g/mol. The molecule has 0 saturated heterocycles. The molecule has 6 unspecified atom stereocenters. The molecule has 0 bridgehead atoms. The van der Waals surface area contributed by atoms with Gasteiger partial charge in [0, 0.05) is 18.3 Å². The third kappa shape index (κ3) is 6.03. The molecule has 1 saturated carbocycles. The summed E-state index contributed by atoms with van der Waals surface area (Å²) < 4.78 is 5.58. The lowest BCUT2D eigenvalue weighted by Crippen LogP contribution is -2.35. The summed E-state index contributed by atoms with van der Waals surface area (Å²) in [4.78, 5) is 12.4. The van der Waals surface area contributed by atoms with E-state index in [0.29, 0.717) is 12.0 Å². The molecule has 0 spiro atoms. The number of carbonyl (C=O) groups excluding carboxylic acids is 1. The Kier molecular flexibility index (Phi) is 8.90. The maximum absolute atomic E-state index is 12.4. The van der Waals surface area contributed by atoms with Gasteiger partial charge in [-0.15, -0.1) is 0 Å². The smallest absolute Gasteiger partial charge is 0.338 e. The molecule has 154 valence electrons. The highest BCUT2D eigenvalue weighted by atomic mass is 16.5. The summed E-state index contributed by atoms with van der Waals surface area (Å²) in [5.41, 5.74) is 0.417. The van der Waals surface area contributed by atoms with Gasteiger partial charge in [0.15, 0.2) is 0 Å². The Labute approximate surface area is 167 Å². The van der Waals surface area contributed by atoms with Crippen LogP contribution in [0.4, 0.5) is 0 Å². The monoisotopic (exact) mass is 388 g/mol. The molecule has 1 aromatic carbocycles. The van der Waals surface area contributed by atoms with Gasteiger partial charge in [0.2, 0.25) is 0 Å². The van der Waals surface area contributed by atoms with Crippen LogP contribution in [0.5, 0.6) is 0 Å². The Bertz CT molecular complexity index is 642. The number of unbranched alkanes of at least 4 members (excludes halogenated alkanes) is 2. The van der Waals surface area contributed by atoms with Crippen molar-refractivity contribution in [3.63, 3.8) is 0 Å². The van der Waals surface area contributed by atoms with E-state index in [4.69, 9.17) is 4.74 Å². The van der Waals surface area contributed by atoms with Crippen molar-refractivity contribution in [2.45, 2.75) is 63.4 Å². The van der Waals surface area contributed by atoms with E-state index in [0.717, 1.165) is 19.3 Å². The minimum Gasteiger partial charge on any atom is -0.454 e. The normalized spacial score (nSPS) is 26.9. The molecule has 5 heteroatoms. The van der Waals surface area contributed by atoms with Crippen molar-refractivity contribution in [3.8, 4) is 0 Å². The molecule has 1 aliphatic carbocycles. The number of carbonyl (C=O) groups is 1. The van der Waals surface area contributed by atoms with Gasteiger partial charge in [0.25, 0.3) is 0 Å². The van der Waals surface area contributed by atoms with Crippen LogP contribution < -0.4 is 0 Å². The Morgan fingerprint density at radius 1 is 1.25 bits per heavy atom. The van der Waals surface area contributed by atoms with Crippen molar-refractivity contribution < 1.29 is 24.9 Å². The molecule has 0 heterocycles. The van der Waals surface area contributed by atoms with Crippen LogP contribution in [0.15, 0.2) is 55.1 Å². The summed E-state index contributed by atoms with van der Waals surface area (Å²) in [6.45, 7) is 5.85. The highest BCUT2D eigenvalue weighted by molar-refractivity contribution is 5.89. The van der Waals surface area contributed by atoms with Crippen LogP contribution in [0.3, 0.4) is 0 Å². The molecule has 1 fully saturated rings. The zero-order valence-corrected chi connectivity index (χ0v) is 16.5. The molecule has 6 atom stereocenters. The average Bonchev–Trinajstić information content (AvgIpc) is 2.98. The number of esters is 1. The summed E-state index contributed by atoms with van der Waals surface area (Å²) in [6, 6.07) is 8.63. The maximum atomic E-state index is 12.4. The Morgan fingerprint density at radius 3 is 2.61 bits per heavy atom. The lowest BCUT2D eigenvalue weighted by atomic mass is 9.87. The van der Waals surface area contributed by atoms with Crippen LogP contribution in [0, 0.1) is 11.8 Å². The molecule has 5 nitrogen and oxygen atoms in total. The van der Waals surface area contributed by atoms with Crippen molar-refractivity contribution in [1.82, 2.24) is 0 Å². The molecule has 3 N–H and O–H groups in total. The summed E-state index contributed by atoms with van der Waals surface area (Å²) in [5, 5.41) is 31.0. The first-order valence-electron chi connectivity index (χ1n) is 10.1. The molecular weight excluding hydrogens is 356 g/mol. The van der Waals surface area contributed by atoms with Crippen LogP contribution in [0.25, 0.3) is 0 Å². The number of rotatable bonds is 10. The van der Waals surface area contributed by atoms with Gasteiger partial charge in [-0.3, -0.25) is 0 Å². The predicted octanol–water partition coefficient (Wildman–Crippen LogP) is 3.25. The Morgan fingerprint density at radius 2 is 1.96 bits per heavy atom. The number of aliphatic hydroxyl groups excluding tert-OH is 3. The summed E-state index contributed by atoms with van der Waals surface area (Å²) in [5.74, 6) is -1.44. The van der Waals surface area contributed by atoms with E-state index in [-0.39, 0.29) is 6.42 Å². The van der Waals surface area contributed by atoms with Gasteiger partial charge in [-0.25, -0.2) is 4.79 Å². The van der Waals surface area contributed by atoms with Crippen molar-refractivity contribution in [1.29, 1.82) is 0 Å². The van der Waals surface area contributed by atoms with E-state index in [2.05, 4.69) is 13.5 Å². The van der Waals surface area contributed by atoms with Crippen molar-refractivity contribution in [2.24, 2.45) is 11.8 Å². The second kappa shape index (κ2) is 11.1. The van der Waals surface area contributed by atoms with Crippen LogP contribution in [0.2, 0.25) is 0 Å². The van der Waals surface area contributed by atoms with E-state index in [1.165, 1.54) is 6.08 Å². The molecule has 0 radical (unpaired) electrons. The fourth-order valence-corrected chi connectivity index (χ4v) is 3.78. The molecule has 2 rings (SSSR count). The largest absolute Gasteiger partial charge is 0.454 e. The Hall–Kier alpha value is -1.95. The highest BCUT2D eigenvalue weighted by Gasteiger charge is 2.45. The number of aliphatic hydroxyl groups is 3. The van der Waals surface area contributed by atoms with Gasteiger partial charge in [-0.05, 0) is 18.6 Å². The summed E-state index contributed by atoms with van der Waals surface area (Å²) >= 11 is 0. The molecule has 1 aliphatic rings. The van der Waals surface area contributed by atoms with Crippen LogP contribution in [-0.2, 0) is 4.74 Å². The van der Waals surface area contributed by atoms with E-state index in [9.17, 15) is 20.1 Å². The molecule has 0 aliphatic heterocycles. The molecule has 1 aromatic rings. The molecular formula is C23H32O5. The van der Waals surface area contributed by atoms with Crippen molar-refractivity contribution >= 4 is 5.97 Å². The minimum atomic E-state index is -0.826. The standard InChI is InChI=1S/C23H32O5/c1-3-5-7-12-17(24)13-14-18-19(25)15-20(26)22(18)21(4-2)28-23(27)16-10-8-6-9-11-16/h4,6,8-11,13-14,17-22,24-26H,2-3,5,7,12,15H2,1H3. The van der Waals surface area contributed by atoms with Crippen LogP contribution in [-0.4, -0.2) is 45.7 Å². The summed E-state index contributed by atoms with van der Waals surface area (Å²) in [6.07, 6.45) is 5.92. The minimum absolute atomic E-state index is 0.193. The zero-order valence-electron chi connectivity index (χ0n) is 16.5.